The quantitative estimate of drug-likeness (QED) is 0.575. The fourth-order valence-electron chi connectivity index (χ4n) is 1.27. The minimum atomic E-state index is 0.154. The van der Waals surface area contributed by atoms with Gasteiger partial charge >= 0.3 is 0 Å². The van der Waals surface area contributed by atoms with Crippen LogP contribution in [0.1, 0.15) is 46.5 Å². The molecule has 0 nitrogen and oxygen atoms in total. The lowest BCUT2D eigenvalue weighted by Gasteiger charge is -2.25. The summed E-state index contributed by atoms with van der Waals surface area (Å²) < 4.78 is 0.311. The first-order valence-corrected chi connectivity index (χ1v) is 6.35. The van der Waals surface area contributed by atoms with Crippen LogP contribution in [-0.2, 0) is 0 Å². The maximum absolute atomic E-state index is 4.62. The number of hydrogen-bond acceptors (Lipinski definition) is 3. The zero-order valence-electron chi connectivity index (χ0n) is 8.88. The minimum Gasteiger partial charge on any atom is -0.179 e. The smallest absolute Gasteiger partial charge is 0.0109 e. The molecule has 0 spiro atoms. The number of thiol groups is 3. The van der Waals surface area contributed by atoms with Crippen molar-refractivity contribution >= 4 is 37.9 Å². The van der Waals surface area contributed by atoms with Crippen LogP contribution in [0.4, 0.5) is 0 Å². The molecule has 0 bridgehead atoms. The molecule has 1 atom stereocenters. The molecule has 0 saturated heterocycles. The first-order valence-electron chi connectivity index (χ1n) is 4.82. The highest BCUT2D eigenvalue weighted by Gasteiger charge is 2.19. The molecule has 0 heterocycles. The summed E-state index contributed by atoms with van der Waals surface area (Å²) in [5, 5.41) is 0. The average Bonchev–Trinajstić information content (AvgIpc) is 1.82. The Bertz CT molecular complexity index is 136. The van der Waals surface area contributed by atoms with Gasteiger partial charge in [0.05, 0.1) is 0 Å². The lowest BCUT2D eigenvalue weighted by molar-refractivity contribution is 0.504. The summed E-state index contributed by atoms with van der Waals surface area (Å²) in [6, 6.07) is 0. The second-order valence-electron chi connectivity index (χ2n) is 4.64. The summed E-state index contributed by atoms with van der Waals surface area (Å²) >= 11 is 13.3. The molecular weight excluding hydrogens is 216 g/mol. The Hall–Kier alpha value is 1.05. The van der Waals surface area contributed by atoms with E-state index in [1.54, 1.807) is 0 Å². The normalized spacial score (nSPS) is 17.1. The monoisotopic (exact) mass is 238 g/mol. The van der Waals surface area contributed by atoms with Crippen molar-refractivity contribution in [3.8, 4) is 0 Å². The highest BCUT2D eigenvalue weighted by molar-refractivity contribution is 7.82. The number of rotatable bonds is 6. The Labute approximate surface area is 99.5 Å². The third-order valence-electron chi connectivity index (χ3n) is 2.15. The molecule has 0 aliphatic carbocycles. The second kappa shape index (κ2) is 5.82. The van der Waals surface area contributed by atoms with E-state index in [9.17, 15) is 0 Å². The summed E-state index contributed by atoms with van der Waals surface area (Å²) in [7, 11) is 0. The molecule has 0 aromatic rings. The lowest BCUT2D eigenvalue weighted by Crippen LogP contribution is -2.19. The second-order valence-corrected chi connectivity index (χ2v) is 7.37. The van der Waals surface area contributed by atoms with E-state index >= 15 is 0 Å². The van der Waals surface area contributed by atoms with E-state index in [1.807, 2.05) is 0 Å². The first kappa shape index (κ1) is 14.1. The van der Waals surface area contributed by atoms with Gasteiger partial charge in [-0.25, -0.2) is 0 Å². The van der Waals surface area contributed by atoms with Crippen LogP contribution in [0.3, 0.4) is 0 Å². The van der Waals surface area contributed by atoms with Gasteiger partial charge in [-0.3, -0.25) is 0 Å². The van der Waals surface area contributed by atoms with Crippen LogP contribution in [0.5, 0.6) is 0 Å². The van der Waals surface area contributed by atoms with Crippen LogP contribution in [0.15, 0.2) is 0 Å². The standard InChI is InChI=1S/C10H22S3/c1-9(2,12)5-4-6-10(3,13)7-8-11/h11-13H,4-8H2,1-3H3. The third kappa shape index (κ3) is 9.36. The molecule has 13 heavy (non-hydrogen) atoms. The molecule has 0 aromatic heterocycles. The Kier molecular flexibility index (Phi) is 6.29. The van der Waals surface area contributed by atoms with Gasteiger partial charge in [-0.1, -0.05) is 27.2 Å². The Morgan fingerprint density at radius 1 is 0.923 bits per heavy atom. The molecule has 0 aliphatic rings. The molecule has 0 aliphatic heterocycles. The third-order valence-corrected chi connectivity index (χ3v) is 3.05. The molecular formula is C10H22S3. The highest BCUT2D eigenvalue weighted by Crippen LogP contribution is 2.29. The van der Waals surface area contributed by atoms with Gasteiger partial charge in [0.25, 0.3) is 0 Å². The Balaban J connectivity index is 3.63. The van der Waals surface area contributed by atoms with Crippen molar-refractivity contribution < 1.29 is 0 Å². The predicted octanol–water partition coefficient (Wildman–Crippen LogP) is 3.87. The van der Waals surface area contributed by atoms with Gasteiger partial charge in [-0.2, -0.15) is 37.9 Å². The van der Waals surface area contributed by atoms with Crippen molar-refractivity contribution in [3.05, 3.63) is 0 Å². The van der Waals surface area contributed by atoms with Crippen LogP contribution in [0.25, 0.3) is 0 Å². The van der Waals surface area contributed by atoms with Crippen molar-refractivity contribution in [3.63, 3.8) is 0 Å². The zero-order valence-corrected chi connectivity index (χ0v) is 11.6. The first-order chi connectivity index (χ1) is 5.77. The van der Waals surface area contributed by atoms with Crippen LogP contribution < -0.4 is 0 Å². The molecule has 80 valence electrons. The van der Waals surface area contributed by atoms with Gasteiger partial charge in [0, 0.05) is 9.49 Å². The predicted molar refractivity (Wildman–Crippen MR) is 72.8 cm³/mol. The van der Waals surface area contributed by atoms with Crippen molar-refractivity contribution in [2.75, 3.05) is 5.75 Å². The zero-order chi connectivity index (χ0) is 10.5. The summed E-state index contributed by atoms with van der Waals surface area (Å²) in [6.07, 6.45) is 4.58. The largest absolute Gasteiger partial charge is 0.179 e. The van der Waals surface area contributed by atoms with Gasteiger partial charge in [-0.05, 0) is 25.0 Å². The van der Waals surface area contributed by atoms with Crippen molar-refractivity contribution in [2.45, 2.75) is 55.9 Å². The van der Waals surface area contributed by atoms with Crippen LogP contribution in [0, 0.1) is 0 Å². The summed E-state index contributed by atoms with van der Waals surface area (Å²) in [6.45, 7) is 6.51. The topological polar surface area (TPSA) is 0 Å². The van der Waals surface area contributed by atoms with Crippen LogP contribution >= 0.6 is 37.9 Å². The van der Waals surface area contributed by atoms with E-state index < -0.39 is 0 Å². The lowest BCUT2D eigenvalue weighted by atomic mass is 9.96. The molecule has 0 aromatic carbocycles. The van der Waals surface area contributed by atoms with Crippen LogP contribution in [-0.4, -0.2) is 15.2 Å². The van der Waals surface area contributed by atoms with Crippen molar-refractivity contribution in [1.82, 2.24) is 0 Å². The van der Waals surface area contributed by atoms with E-state index in [1.165, 1.54) is 6.42 Å². The minimum absolute atomic E-state index is 0.154. The highest BCUT2D eigenvalue weighted by atomic mass is 32.1. The Morgan fingerprint density at radius 3 is 1.85 bits per heavy atom. The number of hydrogen-bond donors (Lipinski definition) is 3. The van der Waals surface area contributed by atoms with E-state index in [4.69, 9.17) is 0 Å². The average molecular weight is 238 g/mol. The van der Waals surface area contributed by atoms with E-state index in [2.05, 4.69) is 58.7 Å². The molecule has 3 heteroatoms. The van der Waals surface area contributed by atoms with Gasteiger partial charge in [0.1, 0.15) is 0 Å². The fraction of sp³-hybridized carbons (Fsp3) is 1.00. The van der Waals surface area contributed by atoms with E-state index in [0.717, 1.165) is 25.0 Å². The summed E-state index contributed by atoms with van der Waals surface area (Å²) in [5.41, 5.74) is 0. The molecule has 1 unspecified atom stereocenters. The Morgan fingerprint density at radius 2 is 1.46 bits per heavy atom. The molecule has 0 saturated carbocycles. The van der Waals surface area contributed by atoms with E-state index in [-0.39, 0.29) is 9.49 Å². The van der Waals surface area contributed by atoms with Crippen molar-refractivity contribution in [1.29, 1.82) is 0 Å². The van der Waals surface area contributed by atoms with Crippen molar-refractivity contribution in [2.24, 2.45) is 0 Å². The molecule has 0 fully saturated rings. The SMILES string of the molecule is CC(C)(S)CCCC(C)(S)CCS. The summed E-state index contributed by atoms with van der Waals surface area (Å²) in [4.78, 5) is 0. The fourth-order valence-corrected chi connectivity index (χ4v) is 2.37. The van der Waals surface area contributed by atoms with Gasteiger partial charge in [0.2, 0.25) is 0 Å². The molecule has 0 amide bonds. The van der Waals surface area contributed by atoms with Gasteiger partial charge in [-0.15, -0.1) is 0 Å². The van der Waals surface area contributed by atoms with Crippen LogP contribution in [0.2, 0.25) is 0 Å². The molecule has 0 N–H and O–H groups in total. The van der Waals surface area contributed by atoms with E-state index in [0.29, 0.717) is 0 Å². The molecule has 0 radical (unpaired) electrons. The molecule has 0 rings (SSSR count). The van der Waals surface area contributed by atoms with Gasteiger partial charge in [0.15, 0.2) is 0 Å². The summed E-state index contributed by atoms with van der Waals surface area (Å²) in [5.74, 6) is 0.921. The maximum Gasteiger partial charge on any atom is 0.0109 e. The van der Waals surface area contributed by atoms with Gasteiger partial charge < -0.3 is 0 Å². The maximum atomic E-state index is 4.62.